The summed E-state index contributed by atoms with van der Waals surface area (Å²) < 4.78 is 40.6. The second-order valence-electron chi connectivity index (χ2n) is 6.64. The molecule has 30 heavy (non-hydrogen) atoms. The van der Waals surface area contributed by atoms with Crippen molar-refractivity contribution in [1.29, 1.82) is 5.41 Å². The molecule has 1 atom stereocenters. The van der Waals surface area contributed by atoms with Crippen molar-refractivity contribution in [1.82, 2.24) is 4.90 Å². The Bertz CT molecular complexity index is 868. The van der Waals surface area contributed by atoms with Gasteiger partial charge in [0.2, 0.25) is 0 Å². The van der Waals surface area contributed by atoms with Gasteiger partial charge in [-0.3, -0.25) is 15.0 Å². The number of benzene rings is 1. The third kappa shape index (κ3) is 7.57. The maximum Gasteiger partial charge on any atom is 0.573 e. The normalized spacial score (nSPS) is 17.8. The highest BCUT2D eigenvalue weighted by Crippen LogP contribution is 2.23. The molecule has 1 aromatic rings. The van der Waals surface area contributed by atoms with E-state index in [0.717, 1.165) is 12.1 Å². The highest BCUT2D eigenvalue weighted by Gasteiger charge is 2.31. The van der Waals surface area contributed by atoms with Crippen molar-refractivity contribution in [2.75, 3.05) is 13.1 Å². The van der Waals surface area contributed by atoms with E-state index >= 15 is 0 Å². The summed E-state index contributed by atoms with van der Waals surface area (Å²) in [6.45, 7) is 0.754. The molecule has 1 saturated heterocycles. The number of carboxylic acid groups (broad SMARTS) is 1. The van der Waals surface area contributed by atoms with Crippen molar-refractivity contribution >= 4 is 23.5 Å². The van der Waals surface area contributed by atoms with Gasteiger partial charge in [0, 0.05) is 13.1 Å². The minimum atomic E-state index is -4.83. The number of nitrogens with zero attached hydrogens (tertiary/aromatic N) is 2. The average molecular weight is 426 g/mol. The number of carbonyl (C=O) groups is 2. The molecule has 0 radical (unpaired) electrons. The van der Waals surface area contributed by atoms with Crippen LogP contribution < -0.4 is 10.5 Å². The van der Waals surface area contributed by atoms with E-state index in [2.05, 4.69) is 9.73 Å². The largest absolute Gasteiger partial charge is 0.573 e. The van der Waals surface area contributed by atoms with Gasteiger partial charge in [0.25, 0.3) is 5.91 Å². The van der Waals surface area contributed by atoms with Crippen LogP contribution in [0, 0.1) is 11.3 Å². The number of nitrogens with one attached hydrogen (secondary N) is 1. The summed E-state index contributed by atoms with van der Waals surface area (Å²) in [7, 11) is 0. The molecular weight excluding hydrogens is 405 g/mol. The lowest BCUT2D eigenvalue weighted by molar-refractivity contribution is -0.274. The van der Waals surface area contributed by atoms with Crippen molar-refractivity contribution in [3.8, 4) is 5.75 Å². The maximum absolute atomic E-state index is 12.3. The quantitative estimate of drug-likeness (QED) is 0.473. The SMILES string of the molecule is N=C(C=CC(N)=NC(=O)Cc1cccc(OC(F)(F)F)c1)N1CCCC(C(=O)O)C1. The number of alkyl halides is 3. The number of nitrogens with two attached hydrogens (primary N) is 1. The molecule has 1 aliphatic rings. The van der Waals surface area contributed by atoms with Gasteiger partial charge in [-0.15, -0.1) is 13.2 Å². The van der Waals surface area contributed by atoms with Crippen LogP contribution in [-0.2, 0) is 16.0 Å². The molecule has 1 unspecified atom stereocenters. The van der Waals surface area contributed by atoms with Crippen molar-refractivity contribution in [3.05, 3.63) is 42.0 Å². The molecule has 162 valence electrons. The van der Waals surface area contributed by atoms with E-state index in [9.17, 15) is 22.8 Å². The summed E-state index contributed by atoms with van der Waals surface area (Å²) >= 11 is 0. The predicted molar refractivity (Wildman–Crippen MR) is 102 cm³/mol. The van der Waals surface area contributed by atoms with E-state index in [-0.39, 0.29) is 30.2 Å². The number of ether oxygens (including phenoxy) is 1. The first-order chi connectivity index (χ1) is 14.0. The lowest BCUT2D eigenvalue weighted by Gasteiger charge is -2.31. The number of rotatable bonds is 6. The number of hydrogen-bond acceptors (Lipinski definition) is 4. The molecule has 11 heteroatoms. The van der Waals surface area contributed by atoms with E-state index in [1.54, 1.807) is 4.90 Å². The Kier molecular flexibility index (Phi) is 7.56. The van der Waals surface area contributed by atoms with E-state index in [1.807, 2.05) is 0 Å². The zero-order valence-electron chi connectivity index (χ0n) is 15.9. The van der Waals surface area contributed by atoms with Gasteiger partial charge in [-0.1, -0.05) is 12.1 Å². The fourth-order valence-electron chi connectivity index (χ4n) is 2.92. The fraction of sp³-hybridized carbons (Fsp3) is 0.368. The van der Waals surface area contributed by atoms with Gasteiger partial charge in [-0.25, -0.2) is 0 Å². The van der Waals surface area contributed by atoms with Crippen LogP contribution in [0.5, 0.6) is 5.75 Å². The lowest BCUT2D eigenvalue weighted by atomic mass is 9.98. The summed E-state index contributed by atoms with van der Waals surface area (Å²) in [6, 6.07) is 4.97. The zero-order valence-corrected chi connectivity index (χ0v) is 15.9. The Hall–Kier alpha value is -3.37. The molecule has 1 fully saturated rings. The van der Waals surface area contributed by atoms with Crippen LogP contribution in [0.15, 0.2) is 41.4 Å². The number of piperidine rings is 1. The first-order valence-electron chi connectivity index (χ1n) is 8.99. The number of aliphatic imine (C=N–C) groups is 1. The molecule has 0 bridgehead atoms. The van der Waals surface area contributed by atoms with Crippen LogP contribution in [-0.4, -0.2) is 53.0 Å². The summed E-state index contributed by atoms with van der Waals surface area (Å²) in [6.07, 6.45) is -1.36. The molecule has 0 aromatic heterocycles. The second-order valence-corrected chi connectivity index (χ2v) is 6.64. The third-order valence-electron chi connectivity index (χ3n) is 4.26. The van der Waals surface area contributed by atoms with E-state index in [4.69, 9.17) is 16.2 Å². The molecular formula is C19H21F3N4O4. The van der Waals surface area contributed by atoms with Gasteiger partial charge >= 0.3 is 12.3 Å². The standard InChI is InChI=1S/C19H21F3N4O4/c20-19(21,22)30-14-5-1-3-12(9-14)10-17(27)25-15(23)6-7-16(24)26-8-2-4-13(11-26)18(28)29/h1,3,5-7,9,13,24H,2,4,8,10-11H2,(H,28,29)(H2,23,25,27). The van der Waals surface area contributed by atoms with Crippen molar-refractivity contribution in [3.63, 3.8) is 0 Å². The first-order valence-corrected chi connectivity index (χ1v) is 8.99. The molecule has 0 spiro atoms. The molecule has 4 N–H and O–H groups in total. The number of likely N-dealkylation sites (tertiary alicyclic amines) is 1. The Morgan fingerprint density at radius 2 is 2.10 bits per heavy atom. The topological polar surface area (TPSA) is 129 Å². The molecule has 1 amide bonds. The van der Waals surface area contributed by atoms with Crippen molar-refractivity contribution in [2.24, 2.45) is 16.6 Å². The molecule has 0 saturated carbocycles. The van der Waals surface area contributed by atoms with Crippen LogP contribution in [0.1, 0.15) is 18.4 Å². The number of carbonyl (C=O) groups excluding carboxylic acids is 1. The number of amides is 1. The summed E-state index contributed by atoms with van der Waals surface area (Å²) in [5.41, 5.74) is 5.92. The van der Waals surface area contributed by atoms with E-state index in [1.165, 1.54) is 24.3 Å². The smallest absolute Gasteiger partial charge is 0.481 e. The second kappa shape index (κ2) is 9.90. The number of hydrogen-bond donors (Lipinski definition) is 3. The van der Waals surface area contributed by atoms with Gasteiger partial charge < -0.3 is 20.5 Å². The summed E-state index contributed by atoms with van der Waals surface area (Å²) in [5, 5.41) is 17.1. The van der Waals surface area contributed by atoms with Crippen LogP contribution in [0.25, 0.3) is 0 Å². The fourth-order valence-corrected chi connectivity index (χ4v) is 2.92. The molecule has 0 aliphatic carbocycles. The number of amidine groups is 2. The number of halogens is 3. The maximum atomic E-state index is 12.3. The third-order valence-corrected chi connectivity index (χ3v) is 4.26. The van der Waals surface area contributed by atoms with Crippen molar-refractivity contribution < 1.29 is 32.6 Å². The van der Waals surface area contributed by atoms with E-state index in [0.29, 0.717) is 19.4 Å². The molecule has 2 rings (SSSR count). The van der Waals surface area contributed by atoms with Crippen LogP contribution in [0.2, 0.25) is 0 Å². The first kappa shape index (κ1) is 22.9. The average Bonchev–Trinajstić information content (AvgIpc) is 2.65. The highest BCUT2D eigenvalue weighted by molar-refractivity contribution is 6.04. The zero-order chi connectivity index (χ0) is 22.3. The van der Waals surface area contributed by atoms with Crippen LogP contribution in [0.4, 0.5) is 13.2 Å². The minimum absolute atomic E-state index is 0.0450. The number of aliphatic carboxylic acids is 1. The van der Waals surface area contributed by atoms with Gasteiger partial charge in [0.05, 0.1) is 12.3 Å². The molecule has 1 heterocycles. The Morgan fingerprint density at radius 1 is 1.37 bits per heavy atom. The summed E-state index contributed by atoms with van der Waals surface area (Å²) in [4.78, 5) is 28.3. The minimum Gasteiger partial charge on any atom is -0.481 e. The number of carboxylic acids is 1. The lowest BCUT2D eigenvalue weighted by Crippen LogP contribution is -2.41. The van der Waals surface area contributed by atoms with Gasteiger partial charge in [0.15, 0.2) is 0 Å². The molecule has 1 aliphatic heterocycles. The summed E-state index contributed by atoms with van der Waals surface area (Å²) in [5.74, 6) is -2.72. The Morgan fingerprint density at radius 3 is 2.77 bits per heavy atom. The van der Waals surface area contributed by atoms with Gasteiger partial charge in [-0.05, 0) is 42.7 Å². The van der Waals surface area contributed by atoms with Crippen LogP contribution >= 0.6 is 0 Å². The Labute approximate surface area is 170 Å². The van der Waals surface area contributed by atoms with Crippen LogP contribution in [0.3, 0.4) is 0 Å². The van der Waals surface area contributed by atoms with Gasteiger partial charge in [-0.2, -0.15) is 4.99 Å². The van der Waals surface area contributed by atoms with Crippen molar-refractivity contribution in [2.45, 2.75) is 25.6 Å². The monoisotopic (exact) mass is 426 g/mol. The van der Waals surface area contributed by atoms with E-state index < -0.39 is 29.9 Å². The predicted octanol–water partition coefficient (Wildman–Crippen LogP) is 2.34. The Balaban J connectivity index is 1.93. The molecule has 8 nitrogen and oxygen atoms in total. The van der Waals surface area contributed by atoms with Gasteiger partial charge in [0.1, 0.15) is 17.4 Å². The molecule has 1 aromatic carbocycles. The highest BCUT2D eigenvalue weighted by atomic mass is 19.4.